The van der Waals surface area contributed by atoms with Crippen LogP contribution in [-0.4, -0.2) is 40.9 Å². The van der Waals surface area contributed by atoms with Crippen molar-refractivity contribution < 1.29 is 22.3 Å². The number of piperidine rings is 1. The second-order valence-corrected chi connectivity index (χ2v) is 8.85. The minimum Gasteiger partial charge on any atom is -0.339 e. The van der Waals surface area contributed by atoms with E-state index in [1.807, 2.05) is 0 Å². The van der Waals surface area contributed by atoms with Crippen molar-refractivity contribution in [1.29, 1.82) is 0 Å². The quantitative estimate of drug-likeness (QED) is 0.448. The van der Waals surface area contributed by atoms with Crippen molar-refractivity contribution in [1.82, 2.24) is 14.4 Å². The Morgan fingerprint density at radius 1 is 1.13 bits per heavy atom. The first-order valence-corrected chi connectivity index (χ1v) is 10.6. The Morgan fingerprint density at radius 2 is 1.83 bits per heavy atom. The molecular weight excluding hydrogens is 415 g/mol. The standard InChI is InChI=1S/C19H17FN4O5S/c20-15-5-3-13(4-6-15)18-21-19(29-22-18)14-2-1-11-23(12-14)30(27,28)17-9-7-16(8-10-17)24(25)26/h3-10,14H,1-2,11-12H2. The Hall–Kier alpha value is -3.18. The number of sulfonamides is 1. The molecule has 2 aromatic carbocycles. The zero-order valence-electron chi connectivity index (χ0n) is 15.6. The molecule has 1 saturated heterocycles. The predicted molar refractivity (Wildman–Crippen MR) is 104 cm³/mol. The van der Waals surface area contributed by atoms with Crippen molar-refractivity contribution in [3.8, 4) is 11.4 Å². The van der Waals surface area contributed by atoms with Gasteiger partial charge >= 0.3 is 0 Å². The number of halogens is 1. The smallest absolute Gasteiger partial charge is 0.269 e. The lowest BCUT2D eigenvalue weighted by Gasteiger charge is -2.30. The molecule has 30 heavy (non-hydrogen) atoms. The zero-order chi connectivity index (χ0) is 21.3. The summed E-state index contributed by atoms with van der Waals surface area (Å²) in [7, 11) is -3.82. The molecule has 156 valence electrons. The Labute approximate surface area is 171 Å². The summed E-state index contributed by atoms with van der Waals surface area (Å²) in [4.78, 5) is 14.6. The second kappa shape index (κ2) is 7.92. The summed E-state index contributed by atoms with van der Waals surface area (Å²) in [5.74, 6) is -0.0339. The van der Waals surface area contributed by atoms with Crippen LogP contribution in [0.25, 0.3) is 11.4 Å². The molecule has 0 N–H and O–H groups in total. The molecule has 0 amide bonds. The molecule has 3 aromatic rings. The van der Waals surface area contributed by atoms with Crippen LogP contribution < -0.4 is 0 Å². The highest BCUT2D eigenvalue weighted by atomic mass is 32.2. The number of nitro benzene ring substituents is 1. The lowest BCUT2D eigenvalue weighted by Crippen LogP contribution is -2.39. The van der Waals surface area contributed by atoms with Gasteiger partial charge in [0.25, 0.3) is 5.69 Å². The van der Waals surface area contributed by atoms with E-state index < -0.39 is 14.9 Å². The monoisotopic (exact) mass is 432 g/mol. The van der Waals surface area contributed by atoms with Gasteiger partial charge in [-0.2, -0.15) is 9.29 Å². The maximum atomic E-state index is 13.1. The first-order chi connectivity index (χ1) is 14.3. The Bertz CT molecular complexity index is 1160. The molecule has 1 unspecified atom stereocenters. The number of hydrogen-bond acceptors (Lipinski definition) is 7. The second-order valence-electron chi connectivity index (χ2n) is 6.92. The predicted octanol–water partition coefficient (Wildman–Crippen LogP) is 3.35. The molecule has 0 bridgehead atoms. The van der Waals surface area contributed by atoms with E-state index in [2.05, 4.69) is 10.1 Å². The summed E-state index contributed by atoms with van der Waals surface area (Å²) >= 11 is 0. The summed E-state index contributed by atoms with van der Waals surface area (Å²) < 4.78 is 45.7. The molecule has 0 spiro atoms. The van der Waals surface area contributed by atoms with Crippen molar-refractivity contribution in [2.75, 3.05) is 13.1 Å². The van der Waals surface area contributed by atoms with Gasteiger partial charge in [-0.15, -0.1) is 0 Å². The van der Waals surface area contributed by atoms with E-state index in [1.54, 1.807) is 0 Å². The molecule has 1 fully saturated rings. The summed E-state index contributed by atoms with van der Waals surface area (Å²) in [6.07, 6.45) is 1.28. The highest BCUT2D eigenvalue weighted by molar-refractivity contribution is 7.89. The van der Waals surface area contributed by atoms with Crippen LogP contribution in [0.15, 0.2) is 57.9 Å². The van der Waals surface area contributed by atoms with Crippen molar-refractivity contribution in [2.45, 2.75) is 23.7 Å². The Kier molecular flexibility index (Phi) is 5.31. The average Bonchev–Trinajstić information content (AvgIpc) is 3.25. The SMILES string of the molecule is O=[N+]([O-])c1ccc(S(=O)(=O)N2CCCC(c3nc(-c4ccc(F)cc4)no3)C2)cc1. The van der Waals surface area contributed by atoms with Gasteiger partial charge in [-0.1, -0.05) is 5.16 Å². The molecule has 0 aliphatic carbocycles. The van der Waals surface area contributed by atoms with Gasteiger partial charge in [0.15, 0.2) is 0 Å². The van der Waals surface area contributed by atoms with Gasteiger partial charge in [-0.25, -0.2) is 12.8 Å². The highest BCUT2D eigenvalue weighted by Crippen LogP contribution is 2.31. The van der Waals surface area contributed by atoms with Crippen molar-refractivity contribution in [3.05, 3.63) is 70.4 Å². The van der Waals surface area contributed by atoms with Crippen LogP contribution in [0.4, 0.5) is 10.1 Å². The van der Waals surface area contributed by atoms with Crippen molar-refractivity contribution in [2.24, 2.45) is 0 Å². The minimum absolute atomic E-state index is 0.00807. The molecule has 11 heteroatoms. The van der Waals surface area contributed by atoms with Gasteiger partial charge in [-0.05, 0) is 49.2 Å². The minimum atomic E-state index is -3.82. The van der Waals surface area contributed by atoms with Crippen LogP contribution >= 0.6 is 0 Å². The topological polar surface area (TPSA) is 119 Å². The maximum Gasteiger partial charge on any atom is 0.269 e. The van der Waals surface area contributed by atoms with Gasteiger partial charge in [0, 0.05) is 30.8 Å². The molecule has 0 radical (unpaired) electrons. The number of nitro groups is 1. The van der Waals surface area contributed by atoms with Crippen LogP contribution in [0.5, 0.6) is 0 Å². The normalized spacial score (nSPS) is 17.7. The summed E-state index contributed by atoms with van der Waals surface area (Å²) in [6, 6.07) is 10.5. The third-order valence-electron chi connectivity index (χ3n) is 4.96. The molecule has 1 atom stereocenters. The van der Waals surface area contributed by atoms with Crippen LogP contribution in [0.1, 0.15) is 24.7 Å². The lowest BCUT2D eigenvalue weighted by atomic mass is 10.00. The molecular formula is C19H17FN4O5S. The lowest BCUT2D eigenvalue weighted by molar-refractivity contribution is -0.384. The first kappa shape index (κ1) is 20.1. The van der Waals surface area contributed by atoms with Gasteiger partial charge in [0.2, 0.25) is 21.7 Å². The van der Waals surface area contributed by atoms with E-state index in [-0.39, 0.29) is 28.9 Å². The Morgan fingerprint density at radius 3 is 2.50 bits per heavy atom. The number of hydrogen-bond donors (Lipinski definition) is 0. The third kappa shape index (κ3) is 3.94. The van der Waals surface area contributed by atoms with Gasteiger partial charge < -0.3 is 4.52 Å². The number of rotatable bonds is 5. The summed E-state index contributed by atoms with van der Waals surface area (Å²) in [5, 5.41) is 14.7. The zero-order valence-corrected chi connectivity index (χ0v) is 16.5. The van der Waals surface area contributed by atoms with E-state index in [0.29, 0.717) is 36.7 Å². The maximum absolute atomic E-state index is 13.1. The molecule has 1 aliphatic heterocycles. The van der Waals surface area contributed by atoms with Gasteiger partial charge in [0.05, 0.1) is 15.7 Å². The number of aromatic nitrogens is 2. The molecule has 4 rings (SSSR count). The fourth-order valence-corrected chi connectivity index (χ4v) is 4.89. The first-order valence-electron chi connectivity index (χ1n) is 9.19. The van der Waals surface area contributed by atoms with E-state index in [0.717, 1.165) is 0 Å². The number of nitrogens with zero attached hydrogens (tertiary/aromatic N) is 4. The van der Waals surface area contributed by atoms with Crippen LogP contribution in [0.2, 0.25) is 0 Å². The van der Waals surface area contributed by atoms with Gasteiger partial charge in [0.1, 0.15) is 5.82 Å². The van der Waals surface area contributed by atoms with Crippen LogP contribution in [-0.2, 0) is 10.0 Å². The fraction of sp³-hybridized carbons (Fsp3) is 0.263. The van der Waals surface area contributed by atoms with Crippen LogP contribution in [0, 0.1) is 15.9 Å². The third-order valence-corrected chi connectivity index (χ3v) is 6.84. The summed E-state index contributed by atoms with van der Waals surface area (Å²) in [6.45, 7) is 0.485. The molecule has 0 saturated carbocycles. The molecule has 9 nitrogen and oxygen atoms in total. The highest BCUT2D eigenvalue weighted by Gasteiger charge is 2.33. The van der Waals surface area contributed by atoms with E-state index in [1.165, 1.54) is 52.8 Å². The summed E-state index contributed by atoms with van der Waals surface area (Å²) in [5.41, 5.74) is 0.419. The molecule has 1 aliphatic rings. The molecule has 2 heterocycles. The number of non-ortho nitro benzene ring substituents is 1. The van der Waals surface area contributed by atoms with E-state index >= 15 is 0 Å². The van der Waals surface area contributed by atoms with Gasteiger partial charge in [-0.3, -0.25) is 10.1 Å². The van der Waals surface area contributed by atoms with Crippen LogP contribution in [0.3, 0.4) is 0 Å². The number of benzene rings is 2. The molecule has 1 aromatic heterocycles. The fourth-order valence-electron chi connectivity index (χ4n) is 3.37. The van der Waals surface area contributed by atoms with Crippen molar-refractivity contribution in [3.63, 3.8) is 0 Å². The largest absolute Gasteiger partial charge is 0.339 e. The Balaban J connectivity index is 1.53. The van der Waals surface area contributed by atoms with Crippen molar-refractivity contribution >= 4 is 15.7 Å². The van der Waals surface area contributed by atoms with E-state index in [4.69, 9.17) is 4.52 Å². The average molecular weight is 432 g/mol. The van der Waals surface area contributed by atoms with E-state index in [9.17, 15) is 22.9 Å².